The van der Waals surface area contributed by atoms with Gasteiger partial charge in [-0.3, -0.25) is 0 Å². The largest absolute Gasteiger partial charge is 0.469 e. The summed E-state index contributed by atoms with van der Waals surface area (Å²) < 4.78 is 6.06. The first-order valence-corrected chi connectivity index (χ1v) is 4.91. The van der Waals surface area contributed by atoms with Gasteiger partial charge in [0.25, 0.3) is 5.19 Å². The Kier molecular flexibility index (Phi) is 3.26. The Hall–Kier alpha value is -0.160. The minimum atomic E-state index is 0.526. The monoisotopic (exact) mass is 236 g/mol. The maximum Gasteiger partial charge on any atom is 0.294 e. The molecule has 3 nitrogen and oxygen atoms in total. The molecular formula is C6H9BrN2OS. The lowest BCUT2D eigenvalue weighted by atomic mass is 10.2. The lowest BCUT2D eigenvalue weighted by Crippen LogP contribution is -2.03. The highest BCUT2D eigenvalue weighted by Gasteiger charge is 2.02. The van der Waals surface area contributed by atoms with Crippen molar-refractivity contribution >= 4 is 27.3 Å². The Morgan fingerprint density at radius 2 is 2.27 bits per heavy atom. The van der Waals surface area contributed by atoms with E-state index in [0.717, 1.165) is 3.92 Å². The Morgan fingerprint density at radius 1 is 1.55 bits per heavy atom. The Labute approximate surface area is 77.9 Å². The highest BCUT2D eigenvalue weighted by molar-refractivity contribution is 9.11. The van der Waals surface area contributed by atoms with E-state index in [1.165, 1.54) is 11.3 Å². The zero-order chi connectivity index (χ0) is 8.27. The van der Waals surface area contributed by atoms with E-state index in [9.17, 15) is 0 Å². The molecule has 0 aliphatic rings. The van der Waals surface area contributed by atoms with Gasteiger partial charge in [-0.25, -0.2) is 0 Å². The zero-order valence-corrected chi connectivity index (χ0v) is 8.78. The van der Waals surface area contributed by atoms with E-state index in [-0.39, 0.29) is 0 Å². The summed E-state index contributed by atoms with van der Waals surface area (Å²) in [5.74, 6) is 0.526. The minimum Gasteiger partial charge on any atom is -0.469 e. The van der Waals surface area contributed by atoms with Crippen LogP contribution in [0.1, 0.15) is 13.8 Å². The first-order chi connectivity index (χ1) is 5.18. The van der Waals surface area contributed by atoms with Crippen LogP contribution in [0.5, 0.6) is 5.19 Å². The standard InChI is InChI=1S/C6H9BrN2OS/c1-4(2)3-10-6-9-8-5(7)11-6/h4H,3H2,1-2H3. The molecule has 5 heteroatoms. The Balaban J connectivity index is 2.39. The third-order valence-corrected chi connectivity index (χ3v) is 2.19. The van der Waals surface area contributed by atoms with Crippen LogP contribution in [0.2, 0.25) is 0 Å². The first-order valence-electron chi connectivity index (χ1n) is 3.30. The van der Waals surface area contributed by atoms with Crippen molar-refractivity contribution < 1.29 is 4.74 Å². The molecule has 0 amide bonds. The number of halogens is 1. The summed E-state index contributed by atoms with van der Waals surface area (Å²) in [6.45, 7) is 4.88. The van der Waals surface area contributed by atoms with Crippen molar-refractivity contribution in [3.63, 3.8) is 0 Å². The van der Waals surface area contributed by atoms with Gasteiger partial charge in [0.2, 0.25) is 0 Å². The number of hydrogen-bond donors (Lipinski definition) is 0. The predicted octanol–water partition coefficient (Wildman–Crippen LogP) is 2.34. The maximum absolute atomic E-state index is 5.30. The van der Waals surface area contributed by atoms with Gasteiger partial charge in [-0.1, -0.05) is 18.9 Å². The molecule has 0 spiro atoms. The van der Waals surface area contributed by atoms with Crippen molar-refractivity contribution in [1.29, 1.82) is 0 Å². The summed E-state index contributed by atoms with van der Waals surface area (Å²) in [7, 11) is 0. The van der Waals surface area contributed by atoms with Gasteiger partial charge in [0, 0.05) is 0 Å². The molecule has 1 aromatic heterocycles. The fraction of sp³-hybridized carbons (Fsp3) is 0.667. The van der Waals surface area contributed by atoms with Gasteiger partial charge in [-0.2, -0.15) is 0 Å². The summed E-state index contributed by atoms with van der Waals surface area (Å²) in [6, 6.07) is 0. The fourth-order valence-corrected chi connectivity index (χ4v) is 1.42. The van der Waals surface area contributed by atoms with Crippen molar-refractivity contribution in [3.8, 4) is 5.19 Å². The van der Waals surface area contributed by atoms with Gasteiger partial charge in [-0.05, 0) is 33.2 Å². The van der Waals surface area contributed by atoms with Gasteiger partial charge in [0.15, 0.2) is 3.92 Å². The topological polar surface area (TPSA) is 35.0 Å². The quantitative estimate of drug-likeness (QED) is 0.809. The van der Waals surface area contributed by atoms with Crippen molar-refractivity contribution in [3.05, 3.63) is 3.92 Å². The van der Waals surface area contributed by atoms with Gasteiger partial charge in [0.05, 0.1) is 6.61 Å². The highest BCUT2D eigenvalue weighted by atomic mass is 79.9. The summed E-state index contributed by atoms with van der Waals surface area (Å²) in [5, 5.41) is 8.17. The molecule has 1 aromatic rings. The molecule has 11 heavy (non-hydrogen) atoms. The second kappa shape index (κ2) is 4.01. The average molecular weight is 237 g/mol. The van der Waals surface area contributed by atoms with Crippen LogP contribution in [-0.2, 0) is 0 Å². The molecule has 0 N–H and O–H groups in total. The number of ether oxygens (including phenoxy) is 1. The number of rotatable bonds is 3. The third kappa shape index (κ3) is 3.16. The van der Waals surface area contributed by atoms with Crippen LogP contribution in [0.3, 0.4) is 0 Å². The number of nitrogens with zero attached hydrogens (tertiary/aromatic N) is 2. The Morgan fingerprint density at radius 3 is 2.73 bits per heavy atom. The molecule has 0 atom stereocenters. The molecule has 0 radical (unpaired) electrons. The third-order valence-electron chi connectivity index (χ3n) is 0.922. The second-order valence-electron chi connectivity index (χ2n) is 2.53. The summed E-state index contributed by atoms with van der Waals surface area (Å²) >= 11 is 4.61. The normalized spacial score (nSPS) is 10.5. The number of hydrogen-bond acceptors (Lipinski definition) is 4. The minimum absolute atomic E-state index is 0.526. The van der Waals surface area contributed by atoms with E-state index < -0.39 is 0 Å². The van der Waals surface area contributed by atoms with Crippen molar-refractivity contribution in [2.75, 3.05) is 6.61 Å². The highest BCUT2D eigenvalue weighted by Crippen LogP contribution is 2.22. The molecule has 1 heterocycles. The summed E-state index contributed by atoms with van der Waals surface area (Å²) in [4.78, 5) is 0. The zero-order valence-electron chi connectivity index (χ0n) is 6.37. The smallest absolute Gasteiger partial charge is 0.294 e. The van der Waals surface area contributed by atoms with Gasteiger partial charge >= 0.3 is 0 Å². The molecule has 0 saturated carbocycles. The lowest BCUT2D eigenvalue weighted by Gasteiger charge is -2.02. The molecule has 0 fully saturated rings. The van der Waals surface area contributed by atoms with Crippen molar-refractivity contribution in [1.82, 2.24) is 10.2 Å². The van der Waals surface area contributed by atoms with E-state index in [1.54, 1.807) is 0 Å². The van der Waals surface area contributed by atoms with E-state index >= 15 is 0 Å². The van der Waals surface area contributed by atoms with Crippen LogP contribution in [0.4, 0.5) is 0 Å². The maximum atomic E-state index is 5.30. The SMILES string of the molecule is CC(C)COc1nnc(Br)s1. The average Bonchev–Trinajstić information content (AvgIpc) is 2.31. The molecular weight excluding hydrogens is 228 g/mol. The summed E-state index contributed by atoms with van der Waals surface area (Å²) in [6.07, 6.45) is 0. The van der Waals surface area contributed by atoms with E-state index in [0.29, 0.717) is 17.7 Å². The summed E-state index contributed by atoms with van der Waals surface area (Å²) in [5.41, 5.74) is 0. The Bertz CT molecular complexity index is 226. The molecule has 0 aliphatic heterocycles. The van der Waals surface area contributed by atoms with Gasteiger partial charge in [-0.15, -0.1) is 5.10 Å². The van der Waals surface area contributed by atoms with Crippen molar-refractivity contribution in [2.24, 2.45) is 5.92 Å². The first kappa shape index (κ1) is 8.93. The predicted molar refractivity (Wildman–Crippen MR) is 47.9 cm³/mol. The second-order valence-corrected chi connectivity index (χ2v) is 4.74. The molecule has 1 rings (SSSR count). The molecule has 0 aromatic carbocycles. The molecule has 0 aliphatic carbocycles. The van der Waals surface area contributed by atoms with Crippen LogP contribution in [0.15, 0.2) is 3.92 Å². The molecule has 0 unspecified atom stereocenters. The van der Waals surface area contributed by atoms with E-state index in [2.05, 4.69) is 40.0 Å². The van der Waals surface area contributed by atoms with E-state index in [4.69, 9.17) is 4.74 Å². The molecule has 62 valence electrons. The number of aromatic nitrogens is 2. The van der Waals surface area contributed by atoms with Crippen LogP contribution >= 0.6 is 27.3 Å². The van der Waals surface area contributed by atoms with E-state index in [1.807, 2.05) is 0 Å². The molecule has 0 bridgehead atoms. The lowest BCUT2D eigenvalue weighted by molar-refractivity contribution is 0.268. The van der Waals surface area contributed by atoms with Crippen LogP contribution in [-0.4, -0.2) is 16.8 Å². The van der Waals surface area contributed by atoms with Gasteiger partial charge in [0.1, 0.15) is 0 Å². The molecule has 0 saturated heterocycles. The van der Waals surface area contributed by atoms with Crippen LogP contribution < -0.4 is 4.74 Å². The van der Waals surface area contributed by atoms with Crippen molar-refractivity contribution in [2.45, 2.75) is 13.8 Å². The fourth-order valence-electron chi connectivity index (χ4n) is 0.489. The van der Waals surface area contributed by atoms with Crippen LogP contribution in [0.25, 0.3) is 0 Å². The van der Waals surface area contributed by atoms with Crippen LogP contribution in [0, 0.1) is 5.92 Å². The van der Waals surface area contributed by atoms with Gasteiger partial charge < -0.3 is 4.74 Å².